The van der Waals surface area contributed by atoms with Gasteiger partial charge in [-0.3, -0.25) is 9.67 Å². The van der Waals surface area contributed by atoms with Crippen LogP contribution in [-0.2, 0) is 11.8 Å². The van der Waals surface area contributed by atoms with E-state index in [9.17, 15) is 0 Å². The number of hydrogen-bond donors (Lipinski definition) is 1. The van der Waals surface area contributed by atoms with Gasteiger partial charge in [0, 0.05) is 38.1 Å². The fraction of sp³-hybridized carbons (Fsp3) is 0.467. The second-order valence-electron chi connectivity index (χ2n) is 5.21. The summed E-state index contributed by atoms with van der Waals surface area (Å²) in [5, 5.41) is 7.86. The van der Waals surface area contributed by atoms with E-state index in [4.69, 9.17) is 4.74 Å². The maximum atomic E-state index is 5.88. The third kappa shape index (κ3) is 2.59. The minimum absolute atomic E-state index is 0.0636. The van der Waals surface area contributed by atoms with Gasteiger partial charge in [0.05, 0.1) is 11.4 Å². The van der Waals surface area contributed by atoms with Crippen LogP contribution in [0.1, 0.15) is 36.9 Å². The molecule has 1 fully saturated rings. The fourth-order valence-corrected chi connectivity index (χ4v) is 2.75. The number of aromatic nitrogens is 3. The zero-order chi connectivity index (χ0) is 13.9. The normalized spacial score (nSPS) is 23.9. The van der Waals surface area contributed by atoms with Crippen molar-refractivity contribution in [3.63, 3.8) is 0 Å². The van der Waals surface area contributed by atoms with Crippen LogP contribution >= 0.6 is 0 Å². The molecule has 0 aliphatic carbocycles. The van der Waals surface area contributed by atoms with Crippen molar-refractivity contribution in [2.45, 2.75) is 31.5 Å². The first-order valence-corrected chi connectivity index (χ1v) is 7.02. The Balaban J connectivity index is 1.72. The molecule has 1 N–H and O–H groups in total. The van der Waals surface area contributed by atoms with Crippen LogP contribution in [-0.4, -0.2) is 27.4 Å². The van der Waals surface area contributed by atoms with Gasteiger partial charge in [0.15, 0.2) is 0 Å². The summed E-state index contributed by atoms with van der Waals surface area (Å²) in [6.45, 7) is 2.92. The molecule has 2 aromatic rings. The van der Waals surface area contributed by atoms with Gasteiger partial charge in [0.2, 0.25) is 0 Å². The average Bonchev–Trinajstić information content (AvgIpc) is 3.08. The van der Waals surface area contributed by atoms with Crippen molar-refractivity contribution in [1.82, 2.24) is 20.1 Å². The lowest BCUT2D eigenvalue weighted by Crippen LogP contribution is -2.34. The second-order valence-corrected chi connectivity index (χ2v) is 5.21. The molecule has 0 bridgehead atoms. The Hall–Kier alpha value is -1.72. The quantitative estimate of drug-likeness (QED) is 0.925. The lowest BCUT2D eigenvalue weighted by atomic mass is 10.1. The van der Waals surface area contributed by atoms with Crippen LogP contribution in [0.4, 0.5) is 0 Å². The van der Waals surface area contributed by atoms with Gasteiger partial charge in [-0.05, 0) is 31.5 Å². The highest BCUT2D eigenvalue weighted by molar-refractivity contribution is 5.12. The SMILES string of the molecule is C[C@H](N[C@H]1CCO[C@@H]1c1ccnn1C)c1ccccn1. The van der Waals surface area contributed by atoms with Crippen LogP contribution < -0.4 is 5.32 Å². The highest BCUT2D eigenvalue weighted by Crippen LogP contribution is 2.30. The molecule has 3 atom stereocenters. The lowest BCUT2D eigenvalue weighted by Gasteiger charge is -2.23. The molecule has 0 unspecified atom stereocenters. The first-order valence-electron chi connectivity index (χ1n) is 7.02. The van der Waals surface area contributed by atoms with Crippen molar-refractivity contribution in [2.24, 2.45) is 7.05 Å². The molecule has 0 aromatic carbocycles. The molecular formula is C15H20N4O. The van der Waals surface area contributed by atoms with Crippen LogP contribution in [0, 0.1) is 0 Å². The number of hydrogen-bond acceptors (Lipinski definition) is 4. The van der Waals surface area contributed by atoms with E-state index in [1.165, 1.54) is 0 Å². The van der Waals surface area contributed by atoms with Crippen molar-refractivity contribution in [1.29, 1.82) is 0 Å². The van der Waals surface area contributed by atoms with Gasteiger partial charge in [-0.1, -0.05) is 6.07 Å². The average molecular weight is 272 g/mol. The molecule has 0 amide bonds. The standard InChI is InChI=1S/C15H20N4O/c1-11(12-5-3-4-8-16-12)18-13-7-10-20-15(13)14-6-9-17-19(14)2/h3-6,8-9,11,13,15,18H,7,10H2,1-2H3/t11-,13-,15-/m0/s1. The van der Waals surface area contributed by atoms with Crippen molar-refractivity contribution in [3.8, 4) is 0 Å². The smallest absolute Gasteiger partial charge is 0.114 e. The molecule has 5 heteroatoms. The minimum atomic E-state index is 0.0636. The minimum Gasteiger partial charge on any atom is -0.370 e. The van der Waals surface area contributed by atoms with Crippen LogP contribution in [0.2, 0.25) is 0 Å². The molecule has 3 rings (SSSR count). The fourth-order valence-electron chi connectivity index (χ4n) is 2.75. The highest BCUT2D eigenvalue weighted by Gasteiger charge is 2.32. The second kappa shape index (κ2) is 5.73. The summed E-state index contributed by atoms with van der Waals surface area (Å²) in [6.07, 6.45) is 4.72. The van der Waals surface area contributed by atoms with E-state index in [1.807, 2.05) is 48.4 Å². The van der Waals surface area contributed by atoms with Crippen LogP contribution in [0.15, 0.2) is 36.7 Å². The molecule has 106 valence electrons. The van der Waals surface area contributed by atoms with E-state index >= 15 is 0 Å². The first-order chi connectivity index (χ1) is 9.75. The highest BCUT2D eigenvalue weighted by atomic mass is 16.5. The van der Waals surface area contributed by atoms with Gasteiger partial charge in [0.1, 0.15) is 6.10 Å². The summed E-state index contributed by atoms with van der Waals surface area (Å²) in [7, 11) is 1.95. The molecule has 2 aromatic heterocycles. The van der Waals surface area contributed by atoms with Crippen molar-refractivity contribution in [2.75, 3.05) is 6.61 Å². The summed E-state index contributed by atoms with van der Waals surface area (Å²) >= 11 is 0. The molecule has 20 heavy (non-hydrogen) atoms. The molecule has 3 heterocycles. The molecular weight excluding hydrogens is 252 g/mol. The number of nitrogens with one attached hydrogen (secondary N) is 1. The van der Waals surface area contributed by atoms with Gasteiger partial charge in [0.25, 0.3) is 0 Å². The maximum Gasteiger partial charge on any atom is 0.114 e. The number of aryl methyl sites for hydroxylation is 1. The predicted octanol–water partition coefficient (Wildman–Crippen LogP) is 2.00. The Morgan fingerprint density at radius 1 is 1.35 bits per heavy atom. The monoisotopic (exact) mass is 272 g/mol. The van der Waals surface area contributed by atoms with Crippen molar-refractivity contribution >= 4 is 0 Å². The Morgan fingerprint density at radius 3 is 2.95 bits per heavy atom. The van der Waals surface area contributed by atoms with E-state index < -0.39 is 0 Å². The van der Waals surface area contributed by atoms with E-state index in [1.54, 1.807) is 0 Å². The topological polar surface area (TPSA) is 52.0 Å². The summed E-state index contributed by atoms with van der Waals surface area (Å²) in [4.78, 5) is 4.41. The molecule has 0 saturated carbocycles. The van der Waals surface area contributed by atoms with Gasteiger partial charge >= 0.3 is 0 Å². The number of ether oxygens (including phenoxy) is 1. The Bertz CT molecular complexity index is 554. The van der Waals surface area contributed by atoms with Crippen molar-refractivity contribution < 1.29 is 4.74 Å². The third-order valence-electron chi connectivity index (χ3n) is 3.84. The van der Waals surface area contributed by atoms with Gasteiger partial charge in [-0.25, -0.2) is 0 Å². The van der Waals surface area contributed by atoms with Crippen LogP contribution in [0.5, 0.6) is 0 Å². The molecule has 1 saturated heterocycles. The molecule has 0 spiro atoms. The lowest BCUT2D eigenvalue weighted by molar-refractivity contribution is 0.0901. The number of rotatable bonds is 4. The first kappa shape index (κ1) is 13.3. The molecule has 1 aliphatic rings. The summed E-state index contributed by atoms with van der Waals surface area (Å²) in [6, 6.07) is 8.53. The number of nitrogens with zero attached hydrogens (tertiary/aromatic N) is 3. The molecule has 1 aliphatic heterocycles. The third-order valence-corrected chi connectivity index (χ3v) is 3.84. The van der Waals surface area contributed by atoms with E-state index in [0.717, 1.165) is 24.4 Å². The largest absolute Gasteiger partial charge is 0.370 e. The summed E-state index contributed by atoms with van der Waals surface area (Å²) in [5.41, 5.74) is 2.18. The Morgan fingerprint density at radius 2 is 2.25 bits per heavy atom. The molecule has 0 radical (unpaired) electrons. The Kier molecular flexibility index (Phi) is 3.80. The van der Waals surface area contributed by atoms with E-state index in [2.05, 4.69) is 22.3 Å². The predicted molar refractivity (Wildman–Crippen MR) is 76.1 cm³/mol. The van der Waals surface area contributed by atoms with Gasteiger partial charge in [-0.2, -0.15) is 5.10 Å². The zero-order valence-corrected chi connectivity index (χ0v) is 11.9. The number of pyridine rings is 1. The van der Waals surface area contributed by atoms with Crippen molar-refractivity contribution in [3.05, 3.63) is 48.0 Å². The van der Waals surface area contributed by atoms with Crippen LogP contribution in [0.3, 0.4) is 0 Å². The summed E-state index contributed by atoms with van der Waals surface area (Å²) < 4.78 is 7.77. The van der Waals surface area contributed by atoms with E-state index in [0.29, 0.717) is 6.04 Å². The van der Waals surface area contributed by atoms with Gasteiger partial charge < -0.3 is 10.1 Å². The molecule has 5 nitrogen and oxygen atoms in total. The zero-order valence-electron chi connectivity index (χ0n) is 11.9. The van der Waals surface area contributed by atoms with E-state index in [-0.39, 0.29) is 12.1 Å². The summed E-state index contributed by atoms with van der Waals surface area (Å²) in [5.74, 6) is 0. The maximum absolute atomic E-state index is 5.88. The van der Waals surface area contributed by atoms with Gasteiger partial charge in [-0.15, -0.1) is 0 Å². The Labute approximate surface area is 119 Å². The van der Waals surface area contributed by atoms with Crippen LogP contribution in [0.25, 0.3) is 0 Å².